The van der Waals surface area contributed by atoms with Gasteiger partial charge in [-0.3, -0.25) is 14.2 Å². The predicted octanol–water partition coefficient (Wildman–Crippen LogP) is 2.84. The van der Waals surface area contributed by atoms with Crippen LogP contribution in [0.2, 0.25) is 0 Å². The Kier molecular flexibility index (Phi) is 4.49. The Bertz CT molecular complexity index is 1080. The van der Waals surface area contributed by atoms with E-state index < -0.39 is 0 Å². The van der Waals surface area contributed by atoms with Gasteiger partial charge in [-0.1, -0.05) is 18.2 Å². The first kappa shape index (κ1) is 17.6. The third-order valence-corrected chi connectivity index (χ3v) is 6.68. The highest BCUT2D eigenvalue weighted by Crippen LogP contribution is 2.32. The van der Waals surface area contributed by atoms with E-state index in [4.69, 9.17) is 4.74 Å². The Morgan fingerprint density at radius 1 is 1.29 bits per heavy atom. The van der Waals surface area contributed by atoms with Gasteiger partial charge in [-0.05, 0) is 37.0 Å². The molecule has 0 spiro atoms. The van der Waals surface area contributed by atoms with Crippen LogP contribution >= 0.6 is 11.3 Å². The summed E-state index contributed by atoms with van der Waals surface area (Å²) in [4.78, 5) is 34.1. The summed E-state index contributed by atoms with van der Waals surface area (Å²) >= 11 is 1.53. The molecule has 2 aromatic heterocycles. The first-order valence-corrected chi connectivity index (χ1v) is 10.5. The number of ether oxygens (including phenoxy) is 1. The quantitative estimate of drug-likeness (QED) is 0.684. The SMILES string of the molecule is O=C(c1ccccc1)N1CCc2c(sc3ncn(C[C@@H]4CCCO4)c(=O)c23)C1. The summed E-state index contributed by atoms with van der Waals surface area (Å²) in [7, 11) is 0. The van der Waals surface area contributed by atoms with Gasteiger partial charge in [0.25, 0.3) is 11.5 Å². The summed E-state index contributed by atoms with van der Waals surface area (Å²) in [5.41, 5.74) is 1.78. The molecule has 0 N–H and O–H groups in total. The lowest BCUT2D eigenvalue weighted by molar-refractivity contribution is 0.0737. The number of nitrogens with zero attached hydrogens (tertiary/aromatic N) is 3. The lowest BCUT2D eigenvalue weighted by Gasteiger charge is -2.27. The number of fused-ring (bicyclic) bond motifs is 3. The first-order valence-electron chi connectivity index (χ1n) is 9.66. The molecule has 28 heavy (non-hydrogen) atoms. The van der Waals surface area contributed by atoms with Gasteiger partial charge in [0.05, 0.1) is 30.9 Å². The van der Waals surface area contributed by atoms with Crippen LogP contribution in [0.1, 0.15) is 33.6 Å². The number of hydrogen-bond donors (Lipinski definition) is 0. The van der Waals surface area contributed by atoms with Gasteiger partial charge in [0.15, 0.2) is 0 Å². The summed E-state index contributed by atoms with van der Waals surface area (Å²) in [6.45, 7) is 2.49. The minimum atomic E-state index is 0.0147. The number of benzene rings is 1. The van der Waals surface area contributed by atoms with Crippen LogP contribution in [0.4, 0.5) is 0 Å². The maximum Gasteiger partial charge on any atom is 0.262 e. The molecule has 7 heteroatoms. The van der Waals surface area contributed by atoms with Gasteiger partial charge in [-0.15, -0.1) is 11.3 Å². The van der Waals surface area contributed by atoms with Crippen LogP contribution in [0, 0.1) is 0 Å². The second-order valence-corrected chi connectivity index (χ2v) is 8.45. The Morgan fingerprint density at radius 3 is 2.93 bits per heavy atom. The van der Waals surface area contributed by atoms with Crippen LogP contribution in [0.5, 0.6) is 0 Å². The highest BCUT2D eigenvalue weighted by Gasteiger charge is 2.27. The van der Waals surface area contributed by atoms with E-state index in [1.807, 2.05) is 35.2 Å². The van der Waals surface area contributed by atoms with Gasteiger partial charge in [0.2, 0.25) is 0 Å². The van der Waals surface area contributed by atoms with Crippen LogP contribution in [0.15, 0.2) is 41.5 Å². The van der Waals surface area contributed by atoms with E-state index >= 15 is 0 Å². The number of hydrogen-bond acceptors (Lipinski definition) is 5. The summed E-state index contributed by atoms with van der Waals surface area (Å²) in [5, 5.41) is 0.729. The van der Waals surface area contributed by atoms with E-state index in [1.54, 1.807) is 10.9 Å². The van der Waals surface area contributed by atoms with Gasteiger partial charge in [0.1, 0.15) is 4.83 Å². The molecule has 0 aliphatic carbocycles. The molecule has 0 unspecified atom stereocenters. The molecule has 1 fully saturated rings. The third-order valence-electron chi connectivity index (χ3n) is 5.56. The summed E-state index contributed by atoms with van der Waals surface area (Å²) in [5.74, 6) is 0.0347. The van der Waals surface area contributed by atoms with E-state index in [9.17, 15) is 9.59 Å². The van der Waals surface area contributed by atoms with Gasteiger partial charge < -0.3 is 9.64 Å². The van der Waals surface area contributed by atoms with Crippen molar-refractivity contribution in [2.24, 2.45) is 0 Å². The second-order valence-electron chi connectivity index (χ2n) is 7.36. The fourth-order valence-electron chi connectivity index (χ4n) is 4.09. The topological polar surface area (TPSA) is 64.4 Å². The lowest BCUT2D eigenvalue weighted by Crippen LogP contribution is -2.35. The largest absolute Gasteiger partial charge is 0.376 e. The number of rotatable bonds is 3. The zero-order chi connectivity index (χ0) is 19.1. The molecular formula is C21H21N3O3S. The van der Waals surface area contributed by atoms with Crippen molar-refractivity contribution < 1.29 is 9.53 Å². The molecule has 0 bridgehead atoms. The van der Waals surface area contributed by atoms with Crippen molar-refractivity contribution in [2.45, 2.75) is 38.5 Å². The van der Waals surface area contributed by atoms with Crippen LogP contribution in [-0.4, -0.2) is 39.6 Å². The molecule has 1 atom stereocenters. The van der Waals surface area contributed by atoms with Crippen molar-refractivity contribution in [1.29, 1.82) is 0 Å². The third kappa shape index (κ3) is 3.04. The second kappa shape index (κ2) is 7.14. The fourth-order valence-corrected chi connectivity index (χ4v) is 5.29. The van der Waals surface area contributed by atoms with E-state index in [1.165, 1.54) is 11.3 Å². The average Bonchev–Trinajstić information content (AvgIpc) is 3.37. The molecule has 144 valence electrons. The van der Waals surface area contributed by atoms with E-state index in [2.05, 4.69) is 4.98 Å². The zero-order valence-electron chi connectivity index (χ0n) is 15.5. The number of carbonyl (C=O) groups excluding carboxylic acids is 1. The van der Waals surface area contributed by atoms with Crippen molar-refractivity contribution >= 4 is 27.5 Å². The maximum absolute atomic E-state index is 13.1. The average molecular weight is 395 g/mol. The van der Waals surface area contributed by atoms with Crippen molar-refractivity contribution in [3.8, 4) is 0 Å². The smallest absolute Gasteiger partial charge is 0.262 e. The van der Waals surface area contributed by atoms with Crippen molar-refractivity contribution in [3.63, 3.8) is 0 Å². The molecule has 1 amide bonds. The fraction of sp³-hybridized carbons (Fsp3) is 0.381. The van der Waals surface area contributed by atoms with Gasteiger partial charge in [-0.25, -0.2) is 4.98 Å². The predicted molar refractivity (Wildman–Crippen MR) is 108 cm³/mol. The Labute approximate surface area is 166 Å². The molecule has 2 aliphatic heterocycles. The van der Waals surface area contributed by atoms with Crippen LogP contribution in [-0.2, 0) is 24.2 Å². The molecule has 2 aliphatic rings. The standard InChI is InChI=1S/C21H21N3O3S/c25-20(14-5-2-1-3-6-14)23-9-8-16-17(12-23)28-19-18(16)21(26)24(13-22-19)11-15-7-4-10-27-15/h1-3,5-6,13,15H,4,7-12H2/t15-/m0/s1. The lowest BCUT2D eigenvalue weighted by atomic mass is 10.0. The van der Waals surface area contributed by atoms with Gasteiger partial charge in [-0.2, -0.15) is 0 Å². The number of aromatic nitrogens is 2. The number of amides is 1. The van der Waals surface area contributed by atoms with Crippen LogP contribution in [0.3, 0.4) is 0 Å². The van der Waals surface area contributed by atoms with E-state index in [0.29, 0.717) is 31.6 Å². The molecule has 1 aromatic carbocycles. The zero-order valence-corrected chi connectivity index (χ0v) is 16.3. The highest BCUT2D eigenvalue weighted by molar-refractivity contribution is 7.18. The molecule has 5 rings (SSSR count). The van der Waals surface area contributed by atoms with Crippen LogP contribution in [0.25, 0.3) is 10.2 Å². The van der Waals surface area contributed by atoms with E-state index in [-0.39, 0.29) is 17.6 Å². The van der Waals surface area contributed by atoms with Crippen molar-refractivity contribution in [2.75, 3.05) is 13.2 Å². The summed E-state index contributed by atoms with van der Waals surface area (Å²) < 4.78 is 7.36. The first-order chi connectivity index (χ1) is 13.7. The number of thiophene rings is 1. The minimum Gasteiger partial charge on any atom is -0.376 e. The molecule has 3 aromatic rings. The molecule has 6 nitrogen and oxygen atoms in total. The Hall–Kier alpha value is -2.51. The summed E-state index contributed by atoms with van der Waals surface area (Å²) in [6.07, 6.45) is 4.47. The monoisotopic (exact) mass is 395 g/mol. The molecular weight excluding hydrogens is 374 g/mol. The van der Waals surface area contributed by atoms with Gasteiger partial charge >= 0.3 is 0 Å². The minimum absolute atomic E-state index is 0.0147. The molecule has 4 heterocycles. The number of carbonyl (C=O) groups is 1. The molecule has 1 saturated heterocycles. The Morgan fingerprint density at radius 2 is 2.14 bits per heavy atom. The van der Waals surface area contributed by atoms with Gasteiger partial charge in [0, 0.05) is 23.6 Å². The maximum atomic E-state index is 13.1. The normalized spacial score (nSPS) is 19.1. The molecule has 0 saturated carbocycles. The van der Waals surface area contributed by atoms with Crippen molar-refractivity contribution in [1.82, 2.24) is 14.5 Å². The highest BCUT2D eigenvalue weighted by atomic mass is 32.1. The Balaban J connectivity index is 1.45. The molecule has 0 radical (unpaired) electrons. The van der Waals surface area contributed by atoms with Crippen molar-refractivity contribution in [3.05, 3.63) is 63.0 Å². The van der Waals surface area contributed by atoms with E-state index in [0.717, 1.165) is 40.1 Å². The van der Waals surface area contributed by atoms with Crippen LogP contribution < -0.4 is 5.56 Å². The summed E-state index contributed by atoms with van der Waals surface area (Å²) in [6, 6.07) is 9.34.